The Morgan fingerprint density at radius 3 is 2.48 bits per heavy atom. The molecule has 1 aromatic heterocycles. The van der Waals surface area contributed by atoms with E-state index in [0.29, 0.717) is 17.8 Å². The van der Waals surface area contributed by atoms with Crippen LogP contribution < -0.4 is 10.1 Å². The molecule has 1 unspecified atom stereocenters. The highest BCUT2D eigenvalue weighted by atomic mass is 16.5. The molecular weight excluding hydrogens is 340 g/mol. The summed E-state index contributed by atoms with van der Waals surface area (Å²) < 4.78 is 5.18. The number of hydrogen-bond donors (Lipinski definition) is 2. The summed E-state index contributed by atoms with van der Waals surface area (Å²) in [6, 6.07) is 17.7. The van der Waals surface area contributed by atoms with E-state index < -0.39 is 0 Å². The maximum absolute atomic E-state index is 12.8. The number of methoxy groups -OCH3 is 1. The first-order valence-electron chi connectivity index (χ1n) is 8.77. The number of ether oxygens (including phenoxy) is 1. The Morgan fingerprint density at radius 1 is 1.15 bits per heavy atom. The summed E-state index contributed by atoms with van der Waals surface area (Å²) in [4.78, 5) is 14.9. The Bertz CT molecular complexity index is 873. The monoisotopic (exact) mass is 364 g/mol. The molecule has 3 rings (SSSR count). The fraction of sp³-hybridized carbons (Fsp3) is 0.238. The minimum Gasteiger partial charge on any atom is -0.497 e. The lowest BCUT2D eigenvalue weighted by atomic mass is 10.1. The van der Waals surface area contributed by atoms with Crippen LogP contribution in [0.1, 0.15) is 22.0 Å². The van der Waals surface area contributed by atoms with E-state index in [1.165, 1.54) is 0 Å². The first-order chi connectivity index (χ1) is 13.1. The maximum atomic E-state index is 12.8. The van der Waals surface area contributed by atoms with Crippen molar-refractivity contribution < 1.29 is 9.53 Å². The summed E-state index contributed by atoms with van der Waals surface area (Å²) in [7, 11) is 5.63. The zero-order chi connectivity index (χ0) is 19.2. The van der Waals surface area contributed by atoms with Gasteiger partial charge in [0.05, 0.1) is 30.6 Å². The van der Waals surface area contributed by atoms with Crippen LogP contribution in [0.4, 0.5) is 0 Å². The lowest BCUT2D eigenvalue weighted by Gasteiger charge is -2.25. The molecule has 27 heavy (non-hydrogen) atoms. The second kappa shape index (κ2) is 8.51. The molecule has 1 atom stereocenters. The molecule has 2 aromatic carbocycles. The number of hydrogen-bond acceptors (Lipinski definition) is 4. The van der Waals surface area contributed by atoms with E-state index >= 15 is 0 Å². The number of aromatic nitrogens is 2. The lowest BCUT2D eigenvalue weighted by Crippen LogP contribution is -2.34. The Hall–Kier alpha value is -3.12. The van der Waals surface area contributed by atoms with Crippen LogP contribution in [0.25, 0.3) is 11.3 Å². The second-order valence-corrected chi connectivity index (χ2v) is 6.49. The number of benzene rings is 2. The van der Waals surface area contributed by atoms with E-state index in [9.17, 15) is 4.79 Å². The standard InChI is InChI=1S/C21H24N4O2/c1-25(2)19(15-7-5-4-6-8-15)14-22-21(26)18-13-23-24-20(18)16-9-11-17(27-3)12-10-16/h4-13,19H,14H2,1-3H3,(H,22,26)(H,23,24). The van der Waals surface area contributed by atoms with Crippen molar-refractivity contribution in [1.82, 2.24) is 20.4 Å². The highest BCUT2D eigenvalue weighted by molar-refractivity contribution is 5.99. The van der Waals surface area contributed by atoms with Gasteiger partial charge in [0.15, 0.2) is 0 Å². The molecule has 140 valence electrons. The SMILES string of the molecule is COc1ccc(-c2[nH]ncc2C(=O)NCC(c2ccccc2)N(C)C)cc1. The fourth-order valence-electron chi connectivity index (χ4n) is 2.99. The third-order valence-corrected chi connectivity index (χ3v) is 4.53. The van der Waals surface area contributed by atoms with Gasteiger partial charge in [0, 0.05) is 12.1 Å². The normalized spacial score (nSPS) is 12.0. The van der Waals surface area contributed by atoms with Crippen molar-refractivity contribution in [3.8, 4) is 17.0 Å². The average molecular weight is 364 g/mol. The van der Waals surface area contributed by atoms with Gasteiger partial charge < -0.3 is 15.0 Å². The van der Waals surface area contributed by atoms with Gasteiger partial charge in [-0.25, -0.2) is 0 Å². The van der Waals surface area contributed by atoms with Crippen molar-refractivity contribution in [3.63, 3.8) is 0 Å². The zero-order valence-corrected chi connectivity index (χ0v) is 15.8. The largest absolute Gasteiger partial charge is 0.497 e. The van der Waals surface area contributed by atoms with Crippen molar-refractivity contribution in [3.05, 3.63) is 71.9 Å². The van der Waals surface area contributed by atoms with E-state index in [0.717, 1.165) is 16.9 Å². The Balaban J connectivity index is 1.74. The van der Waals surface area contributed by atoms with Crippen molar-refractivity contribution in [1.29, 1.82) is 0 Å². The van der Waals surface area contributed by atoms with E-state index in [4.69, 9.17) is 4.74 Å². The second-order valence-electron chi connectivity index (χ2n) is 6.49. The molecular formula is C21H24N4O2. The van der Waals surface area contributed by atoms with Crippen molar-refractivity contribution >= 4 is 5.91 Å². The van der Waals surface area contributed by atoms with Crippen molar-refractivity contribution in [2.24, 2.45) is 0 Å². The van der Waals surface area contributed by atoms with E-state index in [1.54, 1.807) is 13.3 Å². The Kier molecular flexibility index (Phi) is 5.88. The highest BCUT2D eigenvalue weighted by Crippen LogP contribution is 2.24. The van der Waals surface area contributed by atoms with Gasteiger partial charge in [0.25, 0.3) is 5.91 Å². The maximum Gasteiger partial charge on any atom is 0.255 e. The van der Waals surface area contributed by atoms with Gasteiger partial charge in [-0.05, 0) is 43.9 Å². The van der Waals surface area contributed by atoms with Gasteiger partial charge in [-0.1, -0.05) is 30.3 Å². The third kappa shape index (κ3) is 4.35. The summed E-state index contributed by atoms with van der Waals surface area (Å²) in [6.45, 7) is 0.503. The molecule has 0 fully saturated rings. The minimum atomic E-state index is -0.155. The molecule has 0 radical (unpaired) electrons. The van der Waals surface area contributed by atoms with Crippen LogP contribution in [0.15, 0.2) is 60.8 Å². The van der Waals surface area contributed by atoms with Crippen LogP contribution in [0.5, 0.6) is 5.75 Å². The van der Waals surface area contributed by atoms with E-state index in [-0.39, 0.29) is 11.9 Å². The Labute approximate surface area is 159 Å². The summed E-state index contributed by atoms with van der Waals surface area (Å²) >= 11 is 0. The average Bonchev–Trinajstić information content (AvgIpc) is 3.18. The zero-order valence-electron chi connectivity index (χ0n) is 15.8. The van der Waals surface area contributed by atoms with Gasteiger partial charge in [0.1, 0.15) is 5.75 Å². The number of rotatable bonds is 7. The molecule has 3 aromatic rings. The third-order valence-electron chi connectivity index (χ3n) is 4.53. The molecule has 2 N–H and O–H groups in total. The number of amides is 1. The summed E-state index contributed by atoms with van der Waals surface area (Å²) in [5.41, 5.74) is 3.25. The summed E-state index contributed by atoms with van der Waals surface area (Å²) in [5, 5.41) is 10.0. The number of H-pyrrole nitrogens is 1. The molecule has 0 saturated heterocycles. The van der Waals surface area contributed by atoms with Gasteiger partial charge in [0.2, 0.25) is 0 Å². The molecule has 1 amide bonds. The Morgan fingerprint density at radius 2 is 1.85 bits per heavy atom. The van der Waals surface area contributed by atoms with Crippen LogP contribution in [0, 0.1) is 0 Å². The van der Waals surface area contributed by atoms with Gasteiger partial charge in [-0.3, -0.25) is 9.89 Å². The van der Waals surface area contributed by atoms with E-state index in [1.807, 2.05) is 56.6 Å². The molecule has 0 aliphatic heterocycles. The summed E-state index contributed by atoms with van der Waals surface area (Å²) in [5.74, 6) is 0.610. The van der Waals surface area contributed by atoms with Gasteiger partial charge in [-0.15, -0.1) is 0 Å². The molecule has 1 heterocycles. The number of nitrogens with one attached hydrogen (secondary N) is 2. The van der Waals surface area contributed by atoms with Crippen molar-refractivity contribution in [2.75, 3.05) is 27.7 Å². The molecule has 0 spiro atoms. The van der Waals surface area contributed by atoms with Gasteiger partial charge in [-0.2, -0.15) is 5.10 Å². The summed E-state index contributed by atoms with van der Waals surface area (Å²) in [6.07, 6.45) is 1.56. The predicted octanol–water partition coefficient (Wildman–Crippen LogP) is 3.12. The predicted molar refractivity (Wildman–Crippen MR) is 106 cm³/mol. The molecule has 6 nitrogen and oxygen atoms in total. The van der Waals surface area contributed by atoms with Crippen LogP contribution >= 0.6 is 0 Å². The smallest absolute Gasteiger partial charge is 0.255 e. The van der Waals surface area contributed by atoms with Crippen molar-refractivity contribution in [2.45, 2.75) is 6.04 Å². The molecule has 6 heteroatoms. The van der Waals surface area contributed by atoms with Crippen LogP contribution in [0.3, 0.4) is 0 Å². The number of likely N-dealkylation sites (N-methyl/N-ethyl adjacent to an activating group) is 1. The molecule has 0 aliphatic carbocycles. The van der Waals surface area contributed by atoms with Gasteiger partial charge >= 0.3 is 0 Å². The highest BCUT2D eigenvalue weighted by Gasteiger charge is 2.19. The quantitative estimate of drug-likeness (QED) is 0.676. The van der Waals surface area contributed by atoms with Crippen LogP contribution in [-0.4, -0.2) is 48.8 Å². The minimum absolute atomic E-state index is 0.0893. The first kappa shape index (κ1) is 18.7. The number of aromatic amines is 1. The number of carbonyl (C=O) groups excluding carboxylic acids is 1. The van der Waals surface area contributed by atoms with E-state index in [2.05, 4.69) is 32.5 Å². The fourth-order valence-corrected chi connectivity index (χ4v) is 2.99. The lowest BCUT2D eigenvalue weighted by molar-refractivity contribution is 0.0942. The van der Waals surface area contributed by atoms with Crippen LogP contribution in [-0.2, 0) is 0 Å². The number of nitrogens with zero attached hydrogens (tertiary/aromatic N) is 2. The van der Waals surface area contributed by atoms with Crippen LogP contribution in [0.2, 0.25) is 0 Å². The topological polar surface area (TPSA) is 70.2 Å². The molecule has 0 aliphatic rings. The first-order valence-corrected chi connectivity index (χ1v) is 8.77. The molecule has 0 saturated carbocycles. The number of carbonyl (C=O) groups is 1. The molecule has 0 bridgehead atoms.